The first-order chi connectivity index (χ1) is 25.3. The van der Waals surface area contributed by atoms with Gasteiger partial charge in [0.15, 0.2) is 0 Å². The molecule has 0 fully saturated rings. The summed E-state index contributed by atoms with van der Waals surface area (Å²) in [5.74, 6) is 0.877. The highest BCUT2D eigenvalue weighted by atomic mass is 15.2. The van der Waals surface area contributed by atoms with E-state index in [1.165, 1.54) is 60.2 Å². The third-order valence-electron chi connectivity index (χ3n) is 10.5. The minimum Gasteiger partial charge on any atom is -0.309 e. The average Bonchev–Trinajstić information content (AvgIpc) is 3.85. The first-order valence-electron chi connectivity index (χ1n) is 17.4. The van der Waals surface area contributed by atoms with E-state index in [1.54, 1.807) is 0 Å². The summed E-state index contributed by atoms with van der Waals surface area (Å²) in [7, 11) is 0. The molecule has 0 unspecified atom stereocenters. The topological polar surface area (TPSA) is 27.2 Å². The second-order valence-electron chi connectivity index (χ2n) is 13.2. The number of aromatic nitrogens is 4. The van der Waals surface area contributed by atoms with Crippen LogP contribution in [-0.2, 0) is 0 Å². The molecular weight excluding hydrogens is 621 g/mol. The molecule has 4 aromatic heterocycles. The van der Waals surface area contributed by atoms with Gasteiger partial charge in [0, 0.05) is 39.0 Å². The van der Waals surface area contributed by atoms with E-state index in [2.05, 4.69) is 196 Å². The quantitative estimate of drug-likeness (QED) is 0.186. The first kappa shape index (κ1) is 28.0. The van der Waals surface area contributed by atoms with Crippen LogP contribution in [0.5, 0.6) is 0 Å². The van der Waals surface area contributed by atoms with Gasteiger partial charge in [-0.1, -0.05) is 115 Å². The van der Waals surface area contributed by atoms with Crippen molar-refractivity contribution in [3.05, 3.63) is 182 Å². The van der Waals surface area contributed by atoms with E-state index < -0.39 is 0 Å². The molecule has 4 heteroatoms. The van der Waals surface area contributed by atoms with Gasteiger partial charge in [-0.15, -0.1) is 0 Å². The Morgan fingerprint density at radius 3 is 1.67 bits per heavy atom. The summed E-state index contributed by atoms with van der Waals surface area (Å²) in [6.45, 7) is 0. The van der Waals surface area contributed by atoms with E-state index in [9.17, 15) is 0 Å². The molecule has 0 N–H and O–H groups in total. The number of fused-ring (bicyclic) bond motifs is 8. The number of benzene rings is 7. The fourth-order valence-corrected chi connectivity index (χ4v) is 8.19. The van der Waals surface area contributed by atoms with E-state index in [-0.39, 0.29) is 0 Å². The summed E-state index contributed by atoms with van der Waals surface area (Å²) >= 11 is 0. The maximum absolute atomic E-state index is 5.45. The lowest BCUT2D eigenvalue weighted by Crippen LogP contribution is -2.00. The highest BCUT2D eigenvalue weighted by Crippen LogP contribution is 2.39. The molecule has 11 aromatic rings. The maximum Gasteiger partial charge on any atom is 0.220 e. The summed E-state index contributed by atoms with van der Waals surface area (Å²) in [6.07, 6.45) is 2.13. The van der Waals surface area contributed by atoms with Crippen LogP contribution in [0, 0.1) is 0 Å². The second kappa shape index (κ2) is 10.8. The molecule has 4 nitrogen and oxygen atoms in total. The molecule has 0 aliphatic heterocycles. The monoisotopic (exact) mass is 650 g/mol. The number of nitrogens with zero attached hydrogens (tertiary/aromatic N) is 4. The van der Waals surface area contributed by atoms with Crippen molar-refractivity contribution in [2.75, 3.05) is 0 Å². The molecule has 0 spiro atoms. The van der Waals surface area contributed by atoms with Crippen LogP contribution in [0.25, 0.3) is 93.9 Å². The molecule has 0 saturated carbocycles. The van der Waals surface area contributed by atoms with E-state index in [0.717, 1.165) is 33.8 Å². The van der Waals surface area contributed by atoms with Crippen LogP contribution in [0.15, 0.2) is 182 Å². The molecule has 238 valence electrons. The molecule has 0 aliphatic rings. The summed E-state index contributed by atoms with van der Waals surface area (Å²) in [5.41, 5.74) is 11.4. The largest absolute Gasteiger partial charge is 0.309 e. The van der Waals surface area contributed by atoms with Crippen LogP contribution in [0.2, 0.25) is 0 Å². The fraction of sp³-hybridized carbons (Fsp3) is 0. The van der Waals surface area contributed by atoms with Crippen molar-refractivity contribution in [2.45, 2.75) is 0 Å². The van der Waals surface area contributed by atoms with E-state index >= 15 is 0 Å². The van der Waals surface area contributed by atoms with Crippen molar-refractivity contribution in [2.24, 2.45) is 0 Å². The molecule has 0 aliphatic carbocycles. The van der Waals surface area contributed by atoms with E-state index in [0.29, 0.717) is 0 Å². The summed E-state index contributed by atoms with van der Waals surface area (Å²) in [5, 5.41) is 7.32. The molecule has 0 radical (unpaired) electrons. The molecule has 0 amide bonds. The summed E-state index contributed by atoms with van der Waals surface area (Å²) in [4.78, 5) is 5.45. The second-order valence-corrected chi connectivity index (χ2v) is 13.2. The van der Waals surface area contributed by atoms with Crippen molar-refractivity contribution in [3.8, 4) is 34.0 Å². The zero-order chi connectivity index (χ0) is 33.5. The van der Waals surface area contributed by atoms with Gasteiger partial charge in [-0.05, 0) is 82.6 Å². The molecule has 11 rings (SSSR count). The van der Waals surface area contributed by atoms with Crippen molar-refractivity contribution < 1.29 is 0 Å². The summed E-state index contributed by atoms with van der Waals surface area (Å²) in [6, 6.07) is 63.2. The zero-order valence-electron chi connectivity index (χ0n) is 27.6. The van der Waals surface area contributed by atoms with Crippen molar-refractivity contribution in [1.29, 1.82) is 0 Å². The molecule has 0 atom stereocenters. The van der Waals surface area contributed by atoms with Crippen molar-refractivity contribution >= 4 is 59.9 Å². The Hall–Kier alpha value is -6.91. The fourth-order valence-electron chi connectivity index (χ4n) is 8.19. The van der Waals surface area contributed by atoms with Crippen molar-refractivity contribution in [1.82, 2.24) is 18.5 Å². The summed E-state index contributed by atoms with van der Waals surface area (Å²) < 4.78 is 6.92. The van der Waals surface area contributed by atoms with Gasteiger partial charge in [-0.3, -0.25) is 8.97 Å². The minimum atomic E-state index is 0.877. The lowest BCUT2D eigenvalue weighted by Gasteiger charge is -2.09. The Balaban J connectivity index is 1.12. The number of rotatable bonds is 4. The molecule has 7 aromatic carbocycles. The number of para-hydroxylation sites is 3. The highest BCUT2D eigenvalue weighted by Gasteiger charge is 2.21. The molecule has 4 heterocycles. The average molecular weight is 651 g/mol. The Morgan fingerprint density at radius 2 is 0.922 bits per heavy atom. The number of imidazole rings is 1. The maximum atomic E-state index is 5.45. The van der Waals surface area contributed by atoms with Crippen LogP contribution in [0.4, 0.5) is 0 Å². The van der Waals surface area contributed by atoms with Gasteiger partial charge in [0.2, 0.25) is 5.95 Å². The number of pyridine rings is 1. The van der Waals surface area contributed by atoms with Crippen LogP contribution in [0.1, 0.15) is 0 Å². The Morgan fingerprint density at radius 1 is 0.373 bits per heavy atom. The molecule has 0 bridgehead atoms. The molecular formula is C47H30N4. The molecule has 51 heavy (non-hydrogen) atoms. The van der Waals surface area contributed by atoms with Gasteiger partial charge in [0.25, 0.3) is 0 Å². The van der Waals surface area contributed by atoms with Crippen LogP contribution < -0.4 is 0 Å². The van der Waals surface area contributed by atoms with Crippen molar-refractivity contribution in [3.63, 3.8) is 0 Å². The SMILES string of the molecule is c1ccc(-n2c3ccccc3c3cc(-c4ccc5c(c4)c4ccccc4n5-c4nc(-c5cccc6ccccc56)c5ccccn45)ccc32)cc1. The Labute approximate surface area is 293 Å². The third kappa shape index (κ3) is 4.11. The molecule has 0 saturated heterocycles. The van der Waals surface area contributed by atoms with E-state index in [4.69, 9.17) is 4.98 Å². The van der Waals surface area contributed by atoms with Gasteiger partial charge in [0.1, 0.15) is 0 Å². The Kier molecular flexibility index (Phi) is 5.92. The number of hydrogen-bond acceptors (Lipinski definition) is 1. The van der Waals surface area contributed by atoms with Gasteiger partial charge in [-0.25, -0.2) is 4.98 Å². The smallest absolute Gasteiger partial charge is 0.220 e. The number of hydrogen-bond donors (Lipinski definition) is 0. The minimum absolute atomic E-state index is 0.877. The lowest BCUT2D eigenvalue weighted by atomic mass is 10.0. The standard InChI is InChI=1S/C47H30N4/c1-2-15-34(16-3-1)50-41-21-8-6-18-36(41)39-29-32(24-26-43(39)50)33-25-27-44-40(30-33)37-19-7-9-22-42(37)51(44)47-48-46(45-23-10-11-28-49(45)47)38-20-12-14-31-13-4-5-17-35(31)38/h1-30H. The highest BCUT2D eigenvalue weighted by molar-refractivity contribution is 6.13. The van der Waals surface area contributed by atoms with Gasteiger partial charge in [0.05, 0.1) is 33.3 Å². The van der Waals surface area contributed by atoms with Gasteiger partial charge < -0.3 is 4.57 Å². The first-order valence-corrected chi connectivity index (χ1v) is 17.4. The van der Waals surface area contributed by atoms with Crippen LogP contribution >= 0.6 is 0 Å². The predicted octanol–water partition coefficient (Wildman–Crippen LogP) is 12.0. The lowest BCUT2D eigenvalue weighted by molar-refractivity contribution is 0.983. The van der Waals surface area contributed by atoms with E-state index in [1.807, 2.05) is 0 Å². The van der Waals surface area contributed by atoms with Crippen LogP contribution in [-0.4, -0.2) is 18.5 Å². The Bertz CT molecular complexity index is 3140. The normalized spacial score (nSPS) is 11.9. The van der Waals surface area contributed by atoms with Crippen LogP contribution in [0.3, 0.4) is 0 Å². The predicted molar refractivity (Wildman–Crippen MR) is 212 cm³/mol. The third-order valence-corrected chi connectivity index (χ3v) is 10.5. The van der Waals surface area contributed by atoms with Gasteiger partial charge in [-0.2, -0.15) is 0 Å². The van der Waals surface area contributed by atoms with Gasteiger partial charge >= 0.3 is 0 Å². The zero-order valence-corrected chi connectivity index (χ0v) is 27.6.